The van der Waals surface area contributed by atoms with Crippen molar-refractivity contribution in [1.82, 2.24) is 9.97 Å². The zero-order valence-electron chi connectivity index (χ0n) is 15.2. The number of carbonyl (C=O) groups excluding carboxylic acids is 1. The third-order valence-electron chi connectivity index (χ3n) is 4.28. The van der Waals surface area contributed by atoms with E-state index in [0.717, 1.165) is 16.5 Å². The molecule has 0 radical (unpaired) electrons. The predicted molar refractivity (Wildman–Crippen MR) is 103 cm³/mol. The lowest BCUT2D eigenvalue weighted by Gasteiger charge is -2.12. The molecule has 0 aliphatic rings. The van der Waals surface area contributed by atoms with Gasteiger partial charge in [0.1, 0.15) is 22.9 Å². The summed E-state index contributed by atoms with van der Waals surface area (Å²) >= 11 is 0. The maximum Gasteiger partial charge on any atom is 0.294 e. The van der Waals surface area contributed by atoms with Gasteiger partial charge in [0.25, 0.3) is 5.91 Å². The SMILES string of the molecule is COc1ccc(-c2ccc(F)cc2)c2ccc(NC(=O)c3cnc(C)o3)nc12. The first-order chi connectivity index (χ1) is 13.5. The largest absolute Gasteiger partial charge is 0.494 e. The number of aromatic nitrogens is 2. The standard InChI is InChI=1S/C21H16FN3O3/c1-12-23-11-18(28-12)21(26)25-19-10-8-16-15(13-3-5-14(22)6-4-13)7-9-17(27-2)20(16)24-19/h3-11H,1-2H3,(H,24,25,26). The fraction of sp³-hybridized carbons (Fsp3) is 0.0952. The molecule has 7 heteroatoms. The minimum Gasteiger partial charge on any atom is -0.494 e. The highest BCUT2D eigenvalue weighted by atomic mass is 19.1. The Bertz CT molecular complexity index is 1170. The van der Waals surface area contributed by atoms with Gasteiger partial charge in [-0.15, -0.1) is 0 Å². The number of hydrogen-bond acceptors (Lipinski definition) is 5. The van der Waals surface area contributed by atoms with Gasteiger partial charge in [0, 0.05) is 12.3 Å². The zero-order valence-corrected chi connectivity index (χ0v) is 15.2. The van der Waals surface area contributed by atoms with Crippen LogP contribution in [-0.2, 0) is 0 Å². The number of amides is 1. The van der Waals surface area contributed by atoms with E-state index in [1.165, 1.54) is 18.3 Å². The van der Waals surface area contributed by atoms with E-state index in [0.29, 0.717) is 23.0 Å². The summed E-state index contributed by atoms with van der Waals surface area (Å²) in [5.41, 5.74) is 2.31. The van der Waals surface area contributed by atoms with E-state index in [4.69, 9.17) is 9.15 Å². The molecule has 0 unspecified atom stereocenters. The smallest absolute Gasteiger partial charge is 0.294 e. The van der Waals surface area contributed by atoms with Crippen molar-refractivity contribution in [3.63, 3.8) is 0 Å². The number of pyridine rings is 1. The van der Waals surface area contributed by atoms with E-state index in [1.807, 2.05) is 12.1 Å². The maximum absolute atomic E-state index is 13.3. The molecule has 140 valence electrons. The summed E-state index contributed by atoms with van der Waals surface area (Å²) in [5, 5.41) is 3.51. The lowest BCUT2D eigenvalue weighted by Crippen LogP contribution is -2.12. The van der Waals surface area contributed by atoms with Crippen LogP contribution in [0.1, 0.15) is 16.4 Å². The van der Waals surface area contributed by atoms with Gasteiger partial charge in [0.2, 0.25) is 5.76 Å². The van der Waals surface area contributed by atoms with Crippen molar-refractivity contribution < 1.29 is 18.3 Å². The summed E-state index contributed by atoms with van der Waals surface area (Å²) in [7, 11) is 1.55. The fourth-order valence-electron chi connectivity index (χ4n) is 2.95. The third-order valence-corrected chi connectivity index (χ3v) is 4.28. The number of anilines is 1. The minimum absolute atomic E-state index is 0.103. The molecule has 6 nitrogen and oxygen atoms in total. The number of benzene rings is 2. The fourth-order valence-corrected chi connectivity index (χ4v) is 2.95. The second-order valence-corrected chi connectivity index (χ2v) is 6.11. The van der Waals surface area contributed by atoms with Crippen LogP contribution < -0.4 is 10.1 Å². The highest BCUT2D eigenvalue weighted by Gasteiger charge is 2.15. The zero-order chi connectivity index (χ0) is 19.7. The number of ether oxygens (including phenoxy) is 1. The van der Waals surface area contributed by atoms with Crippen LogP contribution in [0.4, 0.5) is 10.2 Å². The Morgan fingerprint density at radius 3 is 2.57 bits per heavy atom. The Morgan fingerprint density at radius 1 is 1.11 bits per heavy atom. The summed E-state index contributed by atoms with van der Waals surface area (Å²) in [6.07, 6.45) is 1.36. The molecular formula is C21H16FN3O3. The van der Waals surface area contributed by atoms with Crippen molar-refractivity contribution in [3.05, 3.63) is 72.2 Å². The van der Waals surface area contributed by atoms with Crippen molar-refractivity contribution in [3.8, 4) is 16.9 Å². The minimum atomic E-state index is -0.443. The second-order valence-electron chi connectivity index (χ2n) is 6.11. The van der Waals surface area contributed by atoms with Gasteiger partial charge >= 0.3 is 0 Å². The first-order valence-electron chi connectivity index (χ1n) is 8.52. The number of nitrogens with one attached hydrogen (secondary N) is 1. The topological polar surface area (TPSA) is 77.2 Å². The first-order valence-corrected chi connectivity index (χ1v) is 8.52. The molecule has 1 amide bonds. The number of halogens is 1. The lowest BCUT2D eigenvalue weighted by atomic mass is 10.00. The Labute approximate surface area is 160 Å². The molecule has 28 heavy (non-hydrogen) atoms. The number of aryl methyl sites for hydroxylation is 1. The number of rotatable bonds is 4. The summed E-state index contributed by atoms with van der Waals surface area (Å²) in [4.78, 5) is 20.7. The molecular weight excluding hydrogens is 361 g/mol. The van der Waals surface area contributed by atoms with Gasteiger partial charge in [-0.25, -0.2) is 14.4 Å². The van der Waals surface area contributed by atoms with Crippen LogP contribution in [0, 0.1) is 12.7 Å². The van der Waals surface area contributed by atoms with Crippen LogP contribution >= 0.6 is 0 Å². The molecule has 0 aliphatic heterocycles. The van der Waals surface area contributed by atoms with Gasteiger partial charge < -0.3 is 14.5 Å². The Hall–Kier alpha value is -3.74. The van der Waals surface area contributed by atoms with E-state index < -0.39 is 5.91 Å². The highest BCUT2D eigenvalue weighted by molar-refractivity contribution is 6.03. The Morgan fingerprint density at radius 2 is 1.89 bits per heavy atom. The van der Waals surface area contributed by atoms with Crippen molar-refractivity contribution in [2.24, 2.45) is 0 Å². The average molecular weight is 377 g/mol. The van der Waals surface area contributed by atoms with Gasteiger partial charge in [-0.1, -0.05) is 12.1 Å². The summed E-state index contributed by atoms with van der Waals surface area (Å²) in [5.74, 6) is 0.677. The van der Waals surface area contributed by atoms with Crippen LogP contribution in [-0.4, -0.2) is 23.0 Å². The quantitative estimate of drug-likeness (QED) is 0.562. The van der Waals surface area contributed by atoms with Crippen molar-refractivity contribution in [1.29, 1.82) is 0 Å². The van der Waals surface area contributed by atoms with Crippen LogP contribution in [0.15, 0.2) is 59.1 Å². The normalized spacial score (nSPS) is 10.8. The molecule has 0 spiro atoms. The molecule has 2 aromatic carbocycles. The third kappa shape index (κ3) is 3.29. The predicted octanol–water partition coefficient (Wildman–Crippen LogP) is 4.60. The van der Waals surface area contributed by atoms with Gasteiger partial charge in [0.15, 0.2) is 5.89 Å². The van der Waals surface area contributed by atoms with Gasteiger partial charge in [-0.05, 0) is 47.5 Å². The van der Waals surface area contributed by atoms with Crippen LogP contribution in [0.3, 0.4) is 0 Å². The monoisotopic (exact) mass is 377 g/mol. The van der Waals surface area contributed by atoms with Crippen LogP contribution in [0.5, 0.6) is 5.75 Å². The van der Waals surface area contributed by atoms with Gasteiger partial charge in [0.05, 0.1) is 13.3 Å². The Balaban J connectivity index is 1.75. The van der Waals surface area contributed by atoms with E-state index >= 15 is 0 Å². The number of nitrogens with zero attached hydrogens (tertiary/aromatic N) is 2. The molecule has 0 aliphatic carbocycles. The number of oxazole rings is 1. The van der Waals surface area contributed by atoms with Crippen LogP contribution in [0.25, 0.3) is 22.0 Å². The molecule has 4 aromatic rings. The molecule has 0 bridgehead atoms. The van der Waals surface area contributed by atoms with E-state index in [9.17, 15) is 9.18 Å². The van der Waals surface area contributed by atoms with E-state index in [1.54, 1.807) is 38.3 Å². The van der Waals surface area contributed by atoms with Crippen molar-refractivity contribution >= 4 is 22.6 Å². The highest BCUT2D eigenvalue weighted by Crippen LogP contribution is 2.34. The number of methoxy groups -OCH3 is 1. The number of carbonyl (C=O) groups is 1. The van der Waals surface area contributed by atoms with E-state index in [2.05, 4.69) is 15.3 Å². The summed E-state index contributed by atoms with van der Waals surface area (Å²) < 4.78 is 23.9. The van der Waals surface area contributed by atoms with E-state index in [-0.39, 0.29) is 11.6 Å². The second kappa shape index (κ2) is 7.11. The molecule has 2 aromatic heterocycles. The molecule has 1 N–H and O–H groups in total. The van der Waals surface area contributed by atoms with Crippen molar-refractivity contribution in [2.45, 2.75) is 6.92 Å². The molecule has 0 atom stereocenters. The van der Waals surface area contributed by atoms with Gasteiger partial charge in [-0.3, -0.25) is 4.79 Å². The average Bonchev–Trinajstić information content (AvgIpc) is 3.14. The molecule has 4 rings (SSSR count). The lowest BCUT2D eigenvalue weighted by molar-refractivity contribution is 0.0995. The molecule has 0 saturated heterocycles. The molecule has 0 saturated carbocycles. The van der Waals surface area contributed by atoms with Crippen molar-refractivity contribution in [2.75, 3.05) is 12.4 Å². The summed E-state index contributed by atoms with van der Waals surface area (Å²) in [6, 6.07) is 13.4. The van der Waals surface area contributed by atoms with Gasteiger partial charge in [-0.2, -0.15) is 0 Å². The molecule has 2 heterocycles. The first kappa shape index (κ1) is 17.7. The number of fused-ring (bicyclic) bond motifs is 1. The summed E-state index contributed by atoms with van der Waals surface area (Å²) in [6.45, 7) is 1.66. The Kier molecular flexibility index (Phi) is 4.49. The number of hydrogen-bond donors (Lipinski definition) is 1. The van der Waals surface area contributed by atoms with Crippen LogP contribution in [0.2, 0.25) is 0 Å². The maximum atomic E-state index is 13.3. The molecule has 0 fully saturated rings.